The summed E-state index contributed by atoms with van der Waals surface area (Å²) in [4.78, 5) is 23.3. The van der Waals surface area contributed by atoms with Crippen LogP contribution < -0.4 is 15.4 Å². The lowest BCUT2D eigenvalue weighted by Crippen LogP contribution is -2.28. The lowest BCUT2D eigenvalue weighted by atomic mass is 10.2. The van der Waals surface area contributed by atoms with Crippen LogP contribution in [0.1, 0.15) is 18.1 Å². The van der Waals surface area contributed by atoms with Crippen molar-refractivity contribution in [1.29, 1.82) is 0 Å². The van der Waals surface area contributed by atoms with Crippen LogP contribution in [0.5, 0.6) is 5.75 Å². The Morgan fingerprint density at radius 3 is 2.50 bits per heavy atom. The predicted octanol–water partition coefficient (Wildman–Crippen LogP) is 4.53. The molecule has 0 aliphatic rings. The van der Waals surface area contributed by atoms with E-state index in [1.807, 2.05) is 0 Å². The first-order valence-corrected chi connectivity index (χ1v) is 9.03. The lowest BCUT2D eigenvalue weighted by Gasteiger charge is -2.11. The number of hydrogen-bond acceptors (Lipinski definition) is 4. The van der Waals surface area contributed by atoms with Crippen molar-refractivity contribution in [3.8, 4) is 5.75 Å². The summed E-state index contributed by atoms with van der Waals surface area (Å²) in [5, 5.41) is 5.25. The fourth-order valence-corrected chi connectivity index (χ4v) is 2.30. The average molecular weight is 422 g/mol. The molecule has 2 aromatic carbocycles. The molecule has 0 bridgehead atoms. The minimum absolute atomic E-state index is 0.0681. The van der Waals surface area contributed by atoms with E-state index in [-0.39, 0.29) is 12.3 Å². The van der Waals surface area contributed by atoms with E-state index in [0.29, 0.717) is 17.9 Å². The third-order valence-corrected chi connectivity index (χ3v) is 3.62. The highest BCUT2D eigenvalue weighted by Crippen LogP contribution is 2.19. The zero-order valence-corrected chi connectivity index (χ0v) is 16.2. The third kappa shape index (κ3) is 8.68. The van der Waals surface area contributed by atoms with Crippen molar-refractivity contribution in [3.05, 3.63) is 65.7 Å². The number of rotatable bonds is 8. The highest BCUT2D eigenvalue weighted by atomic mass is 19.4. The van der Waals surface area contributed by atoms with E-state index in [1.165, 1.54) is 18.2 Å². The van der Waals surface area contributed by atoms with Gasteiger partial charge in [0.2, 0.25) is 0 Å². The number of hydrogen-bond donors (Lipinski definition) is 2. The first-order valence-electron chi connectivity index (χ1n) is 9.03. The summed E-state index contributed by atoms with van der Waals surface area (Å²) < 4.78 is 46.1. The van der Waals surface area contributed by atoms with Crippen molar-refractivity contribution in [2.45, 2.75) is 19.6 Å². The second kappa shape index (κ2) is 10.9. The largest absolute Gasteiger partial charge is 0.484 e. The molecule has 30 heavy (non-hydrogen) atoms. The Hall–Kier alpha value is -3.49. The number of halogens is 3. The fourth-order valence-electron chi connectivity index (χ4n) is 2.30. The number of benzene rings is 2. The molecule has 2 aromatic rings. The van der Waals surface area contributed by atoms with E-state index in [0.717, 1.165) is 5.56 Å². The Morgan fingerprint density at radius 1 is 1.10 bits per heavy atom. The van der Waals surface area contributed by atoms with Crippen LogP contribution in [0.4, 0.5) is 23.7 Å². The molecule has 0 radical (unpaired) electrons. The van der Waals surface area contributed by atoms with Crippen LogP contribution in [-0.2, 0) is 16.1 Å². The number of ether oxygens (including phenoxy) is 2. The summed E-state index contributed by atoms with van der Waals surface area (Å²) in [5.74, 6) is -0.370. The van der Waals surface area contributed by atoms with E-state index < -0.39 is 24.8 Å². The molecular formula is C21H21F3N2O4. The summed E-state index contributed by atoms with van der Waals surface area (Å²) in [6.07, 6.45) is -1.51. The number of carbonyl (C=O) groups is 2. The Kier molecular flexibility index (Phi) is 8.28. The number of alkyl halides is 3. The number of anilines is 1. The van der Waals surface area contributed by atoms with Crippen molar-refractivity contribution < 1.29 is 32.2 Å². The van der Waals surface area contributed by atoms with Crippen molar-refractivity contribution in [2.24, 2.45) is 0 Å². The third-order valence-electron chi connectivity index (χ3n) is 3.62. The zero-order valence-electron chi connectivity index (χ0n) is 16.2. The first-order chi connectivity index (χ1) is 14.2. The van der Waals surface area contributed by atoms with Crippen LogP contribution >= 0.6 is 0 Å². The highest BCUT2D eigenvalue weighted by Gasteiger charge is 2.28. The Morgan fingerprint density at radius 2 is 1.83 bits per heavy atom. The smallest absolute Gasteiger partial charge is 0.422 e. The summed E-state index contributed by atoms with van der Waals surface area (Å²) in [6.45, 7) is 0.743. The number of carbonyl (C=O) groups excluding carboxylic acids is 2. The van der Waals surface area contributed by atoms with Gasteiger partial charge in [-0.15, -0.1) is 0 Å². The quantitative estimate of drug-likeness (QED) is 0.484. The van der Waals surface area contributed by atoms with Crippen LogP contribution in [0, 0.1) is 0 Å². The molecular weight excluding hydrogens is 401 g/mol. The van der Waals surface area contributed by atoms with Gasteiger partial charge in [0.05, 0.1) is 6.61 Å². The maximum atomic E-state index is 12.2. The molecule has 0 unspecified atom stereocenters. The van der Waals surface area contributed by atoms with Gasteiger partial charge in [-0.3, -0.25) is 0 Å². The van der Waals surface area contributed by atoms with Crippen molar-refractivity contribution in [1.82, 2.24) is 5.32 Å². The molecule has 160 valence electrons. The van der Waals surface area contributed by atoms with E-state index >= 15 is 0 Å². The van der Waals surface area contributed by atoms with Gasteiger partial charge in [0.25, 0.3) is 0 Å². The van der Waals surface area contributed by atoms with Crippen molar-refractivity contribution >= 4 is 23.8 Å². The molecule has 0 saturated carbocycles. The van der Waals surface area contributed by atoms with Gasteiger partial charge >= 0.3 is 18.2 Å². The van der Waals surface area contributed by atoms with Crippen LogP contribution in [0.3, 0.4) is 0 Å². The topological polar surface area (TPSA) is 76.7 Å². The summed E-state index contributed by atoms with van der Waals surface area (Å²) in [6, 6.07) is 12.3. The molecule has 6 nitrogen and oxygen atoms in total. The lowest BCUT2D eigenvalue weighted by molar-refractivity contribution is -0.153. The highest BCUT2D eigenvalue weighted by molar-refractivity contribution is 5.90. The first kappa shape index (κ1) is 22.8. The van der Waals surface area contributed by atoms with Crippen molar-refractivity contribution in [2.75, 3.05) is 18.5 Å². The number of esters is 1. The SMILES string of the molecule is CCOC(=O)/C=C/c1ccc(NC(=O)NCc2cccc(OCC(F)(F)F)c2)cc1. The second-order valence-electron chi connectivity index (χ2n) is 6.07. The van der Waals surface area contributed by atoms with E-state index in [1.54, 1.807) is 49.4 Å². The van der Waals surface area contributed by atoms with Gasteiger partial charge in [-0.25, -0.2) is 9.59 Å². The van der Waals surface area contributed by atoms with Gasteiger partial charge in [-0.05, 0) is 48.4 Å². The summed E-state index contributed by atoms with van der Waals surface area (Å²) in [7, 11) is 0. The maximum absolute atomic E-state index is 12.2. The van der Waals surface area contributed by atoms with Gasteiger partial charge in [-0.2, -0.15) is 13.2 Å². The minimum atomic E-state index is -4.42. The Balaban J connectivity index is 1.82. The molecule has 0 heterocycles. The van der Waals surface area contributed by atoms with Gasteiger partial charge in [0.15, 0.2) is 6.61 Å². The summed E-state index contributed by atoms with van der Waals surface area (Å²) >= 11 is 0. The van der Waals surface area contributed by atoms with Crippen LogP contribution in [0.25, 0.3) is 6.08 Å². The number of urea groups is 1. The van der Waals surface area contributed by atoms with Gasteiger partial charge in [0.1, 0.15) is 5.75 Å². The fraction of sp³-hybridized carbons (Fsp3) is 0.238. The van der Waals surface area contributed by atoms with Crippen LogP contribution in [0.15, 0.2) is 54.6 Å². The standard InChI is InChI=1S/C21H21F3N2O4/c1-2-29-19(27)11-8-15-6-9-17(10-7-15)26-20(28)25-13-16-4-3-5-18(12-16)30-14-21(22,23)24/h3-12H,2,13-14H2,1H3,(H2,25,26,28)/b11-8+. The molecule has 2 rings (SSSR count). The second-order valence-corrected chi connectivity index (χ2v) is 6.07. The minimum Gasteiger partial charge on any atom is -0.484 e. The normalized spacial score (nSPS) is 11.2. The molecule has 0 aliphatic heterocycles. The molecule has 0 saturated heterocycles. The van der Waals surface area contributed by atoms with Crippen LogP contribution in [0.2, 0.25) is 0 Å². The molecule has 0 aromatic heterocycles. The van der Waals surface area contributed by atoms with Gasteiger partial charge in [0, 0.05) is 18.3 Å². The molecule has 0 aliphatic carbocycles. The molecule has 2 amide bonds. The van der Waals surface area contributed by atoms with Crippen molar-refractivity contribution in [3.63, 3.8) is 0 Å². The molecule has 0 fully saturated rings. The van der Waals surface area contributed by atoms with Gasteiger partial charge in [-0.1, -0.05) is 24.3 Å². The molecule has 0 spiro atoms. The maximum Gasteiger partial charge on any atom is 0.422 e. The Labute approximate surface area is 171 Å². The predicted molar refractivity (Wildman–Crippen MR) is 106 cm³/mol. The Bertz CT molecular complexity index is 881. The average Bonchev–Trinajstić information content (AvgIpc) is 2.70. The molecule has 0 atom stereocenters. The zero-order chi connectivity index (χ0) is 22.0. The van der Waals surface area contributed by atoms with Gasteiger partial charge < -0.3 is 20.1 Å². The number of nitrogens with one attached hydrogen (secondary N) is 2. The van der Waals surface area contributed by atoms with E-state index in [4.69, 9.17) is 4.74 Å². The summed E-state index contributed by atoms with van der Waals surface area (Å²) in [5.41, 5.74) is 1.87. The molecule has 9 heteroatoms. The van der Waals surface area contributed by atoms with Crippen LogP contribution in [-0.4, -0.2) is 31.4 Å². The van der Waals surface area contributed by atoms with E-state index in [9.17, 15) is 22.8 Å². The molecule has 2 N–H and O–H groups in total. The number of amides is 2. The van der Waals surface area contributed by atoms with E-state index in [2.05, 4.69) is 15.4 Å². The monoisotopic (exact) mass is 422 g/mol.